The molecule has 0 fully saturated rings. The minimum Gasteiger partial charge on any atom is -0.465 e. The smallest absolute Gasteiger partial charge is 0.343 e. The van der Waals surface area contributed by atoms with Crippen molar-refractivity contribution in [1.82, 2.24) is 0 Å². The summed E-state index contributed by atoms with van der Waals surface area (Å²) in [5.74, 6) is 0.994. The number of hydrogen-bond acceptors (Lipinski definition) is 5. The van der Waals surface area contributed by atoms with Gasteiger partial charge >= 0.3 is 11.9 Å². The van der Waals surface area contributed by atoms with Crippen LogP contribution in [-0.2, 0) is 4.74 Å². The van der Waals surface area contributed by atoms with Crippen molar-refractivity contribution in [3.63, 3.8) is 0 Å². The van der Waals surface area contributed by atoms with Crippen LogP contribution in [-0.4, -0.2) is 19.0 Å². The Labute approximate surface area is 204 Å². The Hall–Kier alpha value is -4.38. The molecule has 0 heterocycles. The summed E-state index contributed by atoms with van der Waals surface area (Å²) < 4.78 is 16.0. The van der Waals surface area contributed by atoms with Crippen LogP contribution in [0.1, 0.15) is 50.2 Å². The van der Waals surface area contributed by atoms with Gasteiger partial charge in [0, 0.05) is 5.92 Å². The molecule has 0 amide bonds. The van der Waals surface area contributed by atoms with Gasteiger partial charge < -0.3 is 14.2 Å². The first-order chi connectivity index (χ1) is 16.9. The molecule has 35 heavy (non-hydrogen) atoms. The third-order valence-electron chi connectivity index (χ3n) is 5.77. The van der Waals surface area contributed by atoms with E-state index in [1.807, 2.05) is 24.3 Å². The fourth-order valence-corrected chi connectivity index (χ4v) is 3.61. The molecule has 0 bridgehead atoms. The predicted molar refractivity (Wildman–Crippen MR) is 134 cm³/mol. The number of carbonyl (C=O) groups is 2. The highest BCUT2D eigenvalue weighted by molar-refractivity contribution is 5.91. The molecule has 4 aromatic rings. The monoisotopic (exact) mass is 466 g/mol. The van der Waals surface area contributed by atoms with Crippen LogP contribution >= 0.6 is 0 Å². The maximum absolute atomic E-state index is 12.6. The Morgan fingerprint density at radius 3 is 1.51 bits per heavy atom. The lowest BCUT2D eigenvalue weighted by Crippen LogP contribution is -2.08. The topological polar surface area (TPSA) is 61.8 Å². The van der Waals surface area contributed by atoms with E-state index < -0.39 is 11.9 Å². The summed E-state index contributed by atoms with van der Waals surface area (Å²) in [7, 11) is 1.33. The molecule has 4 aromatic carbocycles. The molecule has 1 atom stereocenters. The largest absolute Gasteiger partial charge is 0.465 e. The molecule has 0 aliphatic rings. The van der Waals surface area contributed by atoms with Crippen molar-refractivity contribution in [1.29, 1.82) is 0 Å². The predicted octanol–water partition coefficient (Wildman–Crippen LogP) is 6.94. The Balaban J connectivity index is 1.35. The van der Waals surface area contributed by atoms with Gasteiger partial charge in [0.05, 0.1) is 18.2 Å². The summed E-state index contributed by atoms with van der Waals surface area (Å²) in [6.07, 6.45) is 0. The number of ether oxygens (including phenoxy) is 3. The van der Waals surface area contributed by atoms with Crippen LogP contribution in [0.5, 0.6) is 17.2 Å². The first-order valence-corrected chi connectivity index (χ1v) is 11.3. The van der Waals surface area contributed by atoms with Gasteiger partial charge in [-0.2, -0.15) is 0 Å². The normalized spacial score (nSPS) is 11.4. The van der Waals surface area contributed by atoms with Gasteiger partial charge in [0.15, 0.2) is 0 Å². The molecule has 5 heteroatoms. The van der Waals surface area contributed by atoms with E-state index in [-0.39, 0.29) is 5.92 Å². The quantitative estimate of drug-likeness (QED) is 0.218. The summed E-state index contributed by atoms with van der Waals surface area (Å²) in [4.78, 5) is 24.1. The van der Waals surface area contributed by atoms with E-state index in [4.69, 9.17) is 9.47 Å². The van der Waals surface area contributed by atoms with E-state index in [0.29, 0.717) is 28.4 Å². The molecule has 0 saturated heterocycles. The van der Waals surface area contributed by atoms with Crippen molar-refractivity contribution < 1.29 is 23.8 Å². The van der Waals surface area contributed by atoms with E-state index in [2.05, 4.69) is 42.8 Å². The Morgan fingerprint density at radius 1 is 0.600 bits per heavy atom. The summed E-state index contributed by atoms with van der Waals surface area (Å²) in [5.41, 5.74) is 4.47. The molecule has 0 aliphatic heterocycles. The van der Waals surface area contributed by atoms with Gasteiger partial charge in [-0.25, -0.2) is 9.59 Å². The molecule has 0 radical (unpaired) electrons. The molecular formula is C30H26O5. The van der Waals surface area contributed by atoms with E-state index in [1.54, 1.807) is 48.5 Å². The van der Waals surface area contributed by atoms with E-state index in [0.717, 1.165) is 5.56 Å². The first kappa shape index (κ1) is 23.8. The van der Waals surface area contributed by atoms with Crippen LogP contribution in [0.25, 0.3) is 0 Å². The lowest BCUT2D eigenvalue weighted by Gasteiger charge is -2.13. The van der Waals surface area contributed by atoms with Crippen molar-refractivity contribution in [3.8, 4) is 17.2 Å². The van der Waals surface area contributed by atoms with Crippen LogP contribution in [0.15, 0.2) is 97.1 Å². The molecule has 0 aromatic heterocycles. The maximum atomic E-state index is 12.6. The van der Waals surface area contributed by atoms with Gasteiger partial charge in [0.1, 0.15) is 17.2 Å². The number of benzene rings is 4. The fourth-order valence-electron chi connectivity index (χ4n) is 3.61. The second kappa shape index (κ2) is 10.7. The molecule has 176 valence electrons. The van der Waals surface area contributed by atoms with Gasteiger partial charge in [0.2, 0.25) is 0 Å². The minimum absolute atomic E-state index is 0.240. The molecule has 0 saturated carbocycles. The SMILES string of the molecule is COC(=O)c1ccc(Oc2ccc(C(=O)Oc3ccc(C(C)c4ccc(C)cc4)cc3)cc2)cc1. The van der Waals surface area contributed by atoms with Gasteiger partial charge in [-0.3, -0.25) is 0 Å². The van der Waals surface area contributed by atoms with Crippen LogP contribution < -0.4 is 9.47 Å². The summed E-state index contributed by atoms with van der Waals surface area (Å²) in [6, 6.07) is 29.4. The zero-order valence-electron chi connectivity index (χ0n) is 19.9. The van der Waals surface area contributed by atoms with Crippen molar-refractivity contribution in [2.45, 2.75) is 19.8 Å². The average molecular weight is 467 g/mol. The molecule has 0 aliphatic carbocycles. The number of methoxy groups -OCH3 is 1. The molecular weight excluding hydrogens is 440 g/mol. The molecule has 1 unspecified atom stereocenters. The number of rotatable bonds is 7. The zero-order valence-corrected chi connectivity index (χ0v) is 19.9. The van der Waals surface area contributed by atoms with E-state index in [9.17, 15) is 9.59 Å². The van der Waals surface area contributed by atoms with Crippen LogP contribution in [0.3, 0.4) is 0 Å². The van der Waals surface area contributed by atoms with Gasteiger partial charge in [0.25, 0.3) is 0 Å². The van der Waals surface area contributed by atoms with Crippen molar-refractivity contribution in [2.75, 3.05) is 7.11 Å². The van der Waals surface area contributed by atoms with Crippen LogP contribution in [0.4, 0.5) is 0 Å². The third-order valence-corrected chi connectivity index (χ3v) is 5.77. The second-order valence-corrected chi connectivity index (χ2v) is 8.23. The van der Waals surface area contributed by atoms with Crippen molar-refractivity contribution in [2.24, 2.45) is 0 Å². The van der Waals surface area contributed by atoms with Crippen molar-refractivity contribution >= 4 is 11.9 Å². The number of aryl methyl sites for hydroxylation is 1. The van der Waals surface area contributed by atoms with E-state index >= 15 is 0 Å². The average Bonchev–Trinajstić information content (AvgIpc) is 2.89. The fraction of sp³-hybridized carbons (Fsp3) is 0.133. The van der Waals surface area contributed by atoms with E-state index in [1.165, 1.54) is 18.2 Å². The van der Waals surface area contributed by atoms with Crippen LogP contribution in [0, 0.1) is 6.92 Å². The minimum atomic E-state index is -0.446. The lowest BCUT2D eigenvalue weighted by molar-refractivity contribution is 0.0600. The molecule has 5 nitrogen and oxygen atoms in total. The third kappa shape index (κ3) is 5.95. The molecule has 0 spiro atoms. The highest BCUT2D eigenvalue weighted by atomic mass is 16.5. The van der Waals surface area contributed by atoms with Gasteiger partial charge in [-0.15, -0.1) is 0 Å². The number of carbonyl (C=O) groups excluding carboxylic acids is 2. The summed E-state index contributed by atoms with van der Waals surface area (Å²) >= 11 is 0. The second-order valence-electron chi connectivity index (χ2n) is 8.23. The Bertz CT molecular complexity index is 1290. The van der Waals surface area contributed by atoms with Gasteiger partial charge in [-0.05, 0) is 78.7 Å². The Morgan fingerprint density at radius 2 is 1.03 bits per heavy atom. The number of esters is 2. The molecule has 0 N–H and O–H groups in total. The maximum Gasteiger partial charge on any atom is 0.343 e. The van der Waals surface area contributed by atoms with Crippen molar-refractivity contribution in [3.05, 3.63) is 125 Å². The summed E-state index contributed by atoms with van der Waals surface area (Å²) in [6.45, 7) is 4.23. The highest BCUT2D eigenvalue weighted by Crippen LogP contribution is 2.27. The van der Waals surface area contributed by atoms with Gasteiger partial charge in [-0.1, -0.05) is 48.9 Å². The first-order valence-electron chi connectivity index (χ1n) is 11.3. The zero-order chi connectivity index (χ0) is 24.8. The Kier molecular flexibility index (Phi) is 7.27. The highest BCUT2D eigenvalue weighted by Gasteiger charge is 2.12. The lowest BCUT2D eigenvalue weighted by atomic mass is 9.93. The number of hydrogen-bond donors (Lipinski definition) is 0. The summed E-state index contributed by atoms with van der Waals surface area (Å²) in [5, 5.41) is 0. The van der Waals surface area contributed by atoms with Crippen LogP contribution in [0.2, 0.25) is 0 Å². The standard InChI is InChI=1S/C30H26O5/c1-20-4-6-22(7-5-20)21(2)23-8-14-28(15-9-23)35-30(32)25-12-18-27(19-13-25)34-26-16-10-24(11-17-26)29(31)33-3/h4-19,21H,1-3H3. The molecule has 4 rings (SSSR count).